The quantitative estimate of drug-likeness (QED) is 0.0854. The first-order valence-corrected chi connectivity index (χ1v) is 14.5. The first kappa shape index (κ1) is 30.0. The number of fused-ring (bicyclic) bond motifs is 2. The fourth-order valence-corrected chi connectivity index (χ4v) is 4.79. The molecule has 1 heterocycles. The summed E-state index contributed by atoms with van der Waals surface area (Å²) in [5.74, 6) is 0.638. The summed E-state index contributed by atoms with van der Waals surface area (Å²) in [4.78, 5) is 38.7. The number of phenols is 1. The molecule has 0 atom stereocenters. The number of carbonyl (C=O) groups is 2. The molecule has 4 aromatic carbocycles. The highest BCUT2D eigenvalue weighted by Crippen LogP contribution is 2.42. The van der Waals surface area contributed by atoms with Gasteiger partial charge in [0.15, 0.2) is 17.3 Å². The number of carbonyl (C=O) groups excluding carboxylic acids is 2. The van der Waals surface area contributed by atoms with Gasteiger partial charge in [0.25, 0.3) is 0 Å². The number of aromatic hydroxyl groups is 1. The van der Waals surface area contributed by atoms with E-state index in [1.54, 1.807) is 48.5 Å². The number of benzene rings is 4. The number of phenolic OH excluding ortho intramolecular Hbond substituents is 1. The lowest BCUT2D eigenvalue weighted by Gasteiger charge is -2.21. The second-order valence-electron chi connectivity index (χ2n) is 10.1. The number of hydrogen-bond donors (Lipinski definition) is 3. The summed E-state index contributed by atoms with van der Waals surface area (Å²) in [6, 6.07) is 23.8. The summed E-state index contributed by atoms with van der Waals surface area (Å²) in [6.07, 6.45) is 2.08. The molecule has 46 heavy (non-hydrogen) atoms. The number of anilines is 2. The molecule has 0 radical (unpaired) electrons. The van der Waals surface area contributed by atoms with Crippen LogP contribution in [0.1, 0.15) is 38.3 Å². The Labute approximate surface area is 263 Å². The zero-order valence-electron chi connectivity index (χ0n) is 24.5. The standard InChI is InChI=1S/C34H29N5O7/c35-30-27(19-26(40)28-29(30)32(42)25-10-5-4-9-24(25)31(28)41)45-22-11-13-23(14-12-22)46-34-38-20-37-33(39-34)36-15-6-16-43-17-18-44-21-7-2-1-3-8-21/h1-5,7-14,19-20,40H,6,15-18,35H2,(H,36,37,38,39). The molecular formula is C34H29N5O7. The second-order valence-corrected chi connectivity index (χ2v) is 10.1. The minimum absolute atomic E-state index is 0.0320. The van der Waals surface area contributed by atoms with Crippen molar-refractivity contribution >= 4 is 23.2 Å². The van der Waals surface area contributed by atoms with Crippen molar-refractivity contribution < 1.29 is 33.6 Å². The van der Waals surface area contributed by atoms with E-state index in [0.717, 1.165) is 12.2 Å². The van der Waals surface area contributed by atoms with Crippen molar-refractivity contribution in [2.75, 3.05) is 37.4 Å². The van der Waals surface area contributed by atoms with Gasteiger partial charge in [-0.3, -0.25) is 9.59 Å². The van der Waals surface area contributed by atoms with Crippen LogP contribution in [-0.4, -0.2) is 58.0 Å². The zero-order chi connectivity index (χ0) is 31.9. The van der Waals surface area contributed by atoms with E-state index < -0.39 is 17.3 Å². The number of rotatable bonds is 13. The van der Waals surface area contributed by atoms with Crippen molar-refractivity contribution in [3.63, 3.8) is 0 Å². The van der Waals surface area contributed by atoms with Gasteiger partial charge in [-0.1, -0.05) is 42.5 Å². The highest BCUT2D eigenvalue weighted by Gasteiger charge is 2.35. The van der Waals surface area contributed by atoms with Crippen LogP contribution in [0.25, 0.3) is 0 Å². The Morgan fingerprint density at radius 3 is 2.15 bits per heavy atom. The van der Waals surface area contributed by atoms with Gasteiger partial charge in [0, 0.05) is 30.3 Å². The molecule has 0 saturated carbocycles. The molecule has 1 aliphatic carbocycles. The summed E-state index contributed by atoms with van der Waals surface area (Å²) in [7, 11) is 0. The molecule has 0 aliphatic heterocycles. The third kappa shape index (κ3) is 6.71. The molecular weight excluding hydrogens is 590 g/mol. The molecule has 4 N–H and O–H groups in total. The fourth-order valence-electron chi connectivity index (χ4n) is 4.79. The van der Waals surface area contributed by atoms with E-state index in [1.165, 1.54) is 12.4 Å². The van der Waals surface area contributed by atoms with E-state index in [0.29, 0.717) is 43.8 Å². The lowest BCUT2D eigenvalue weighted by Crippen LogP contribution is -2.22. The Balaban J connectivity index is 1.01. The Kier molecular flexibility index (Phi) is 8.97. The molecule has 12 nitrogen and oxygen atoms in total. The Morgan fingerprint density at radius 2 is 1.41 bits per heavy atom. The number of ketones is 2. The summed E-state index contributed by atoms with van der Waals surface area (Å²) in [6.45, 7) is 2.10. The van der Waals surface area contributed by atoms with E-state index in [4.69, 9.17) is 24.7 Å². The van der Waals surface area contributed by atoms with Gasteiger partial charge in [-0.05, 0) is 42.8 Å². The van der Waals surface area contributed by atoms with E-state index in [1.807, 2.05) is 30.3 Å². The number of nitrogens with zero attached hydrogens (tertiary/aromatic N) is 3. The Hall–Kier alpha value is -6.01. The number of nitrogens with two attached hydrogens (primary N) is 1. The minimum atomic E-state index is -0.478. The lowest BCUT2D eigenvalue weighted by atomic mass is 9.82. The topological polar surface area (TPSA) is 168 Å². The average molecular weight is 620 g/mol. The second kappa shape index (κ2) is 13.7. The van der Waals surface area contributed by atoms with Crippen molar-refractivity contribution in [2.45, 2.75) is 6.42 Å². The molecule has 0 bridgehead atoms. The van der Waals surface area contributed by atoms with Gasteiger partial charge in [0.05, 0.1) is 23.4 Å². The smallest absolute Gasteiger partial charge is 0.326 e. The summed E-state index contributed by atoms with van der Waals surface area (Å²) < 4.78 is 22.8. The van der Waals surface area contributed by atoms with E-state index in [2.05, 4.69) is 20.3 Å². The Bertz CT molecular complexity index is 1870. The van der Waals surface area contributed by atoms with Crippen molar-refractivity contribution in [1.82, 2.24) is 15.0 Å². The monoisotopic (exact) mass is 619 g/mol. The van der Waals surface area contributed by atoms with Crippen LogP contribution in [0.4, 0.5) is 11.6 Å². The van der Waals surface area contributed by atoms with Crippen LogP contribution >= 0.6 is 0 Å². The zero-order valence-corrected chi connectivity index (χ0v) is 24.5. The Morgan fingerprint density at radius 1 is 0.739 bits per heavy atom. The highest BCUT2D eigenvalue weighted by atomic mass is 16.5. The summed E-state index contributed by atoms with van der Waals surface area (Å²) in [5, 5.41) is 13.8. The van der Waals surface area contributed by atoms with Gasteiger partial charge in [-0.15, -0.1) is 0 Å². The fraction of sp³-hybridized carbons (Fsp3) is 0.147. The van der Waals surface area contributed by atoms with Gasteiger partial charge >= 0.3 is 6.01 Å². The molecule has 232 valence electrons. The third-order valence-electron chi connectivity index (χ3n) is 6.98. The number of nitrogen functional groups attached to an aromatic ring is 1. The van der Waals surface area contributed by atoms with Crippen molar-refractivity contribution in [3.05, 3.63) is 114 Å². The number of ether oxygens (including phenoxy) is 4. The third-order valence-corrected chi connectivity index (χ3v) is 6.98. The molecule has 5 aromatic rings. The molecule has 6 rings (SSSR count). The predicted octanol–water partition coefficient (Wildman–Crippen LogP) is 5.42. The first-order valence-electron chi connectivity index (χ1n) is 14.5. The van der Waals surface area contributed by atoms with E-state index in [9.17, 15) is 14.7 Å². The number of aromatic nitrogens is 3. The first-order chi connectivity index (χ1) is 22.5. The molecule has 0 amide bonds. The van der Waals surface area contributed by atoms with E-state index in [-0.39, 0.29) is 39.7 Å². The molecule has 0 saturated heterocycles. The maximum absolute atomic E-state index is 13.2. The van der Waals surface area contributed by atoms with Crippen LogP contribution in [0.15, 0.2) is 91.3 Å². The molecule has 0 unspecified atom stereocenters. The number of hydrogen-bond acceptors (Lipinski definition) is 12. The van der Waals surface area contributed by atoms with Crippen LogP contribution in [0.3, 0.4) is 0 Å². The van der Waals surface area contributed by atoms with Gasteiger partial charge in [0.2, 0.25) is 5.95 Å². The molecule has 12 heteroatoms. The maximum Gasteiger partial charge on any atom is 0.326 e. The molecule has 1 aliphatic rings. The molecule has 1 aromatic heterocycles. The van der Waals surface area contributed by atoms with Crippen molar-refractivity contribution in [1.29, 1.82) is 0 Å². The van der Waals surface area contributed by atoms with Crippen LogP contribution < -0.4 is 25.3 Å². The largest absolute Gasteiger partial charge is 0.507 e. The minimum Gasteiger partial charge on any atom is -0.507 e. The van der Waals surface area contributed by atoms with Crippen LogP contribution in [-0.2, 0) is 4.74 Å². The molecule has 0 spiro atoms. The van der Waals surface area contributed by atoms with Crippen LogP contribution in [0.2, 0.25) is 0 Å². The van der Waals surface area contributed by atoms with Crippen LogP contribution in [0.5, 0.6) is 34.8 Å². The maximum atomic E-state index is 13.2. The normalized spacial score (nSPS) is 11.8. The van der Waals surface area contributed by atoms with E-state index >= 15 is 0 Å². The lowest BCUT2D eigenvalue weighted by molar-refractivity contribution is 0.0977. The molecule has 0 fully saturated rings. The SMILES string of the molecule is Nc1c(Oc2ccc(Oc3ncnc(NCCCOCCOc4ccccc4)n3)cc2)cc(O)c2c1C(=O)c1ccccc1C2=O. The van der Waals surface area contributed by atoms with Crippen molar-refractivity contribution in [3.8, 4) is 34.8 Å². The number of nitrogens with one attached hydrogen (secondary N) is 1. The predicted molar refractivity (Wildman–Crippen MR) is 168 cm³/mol. The summed E-state index contributed by atoms with van der Waals surface area (Å²) in [5.41, 5.74) is 6.46. The summed E-state index contributed by atoms with van der Waals surface area (Å²) >= 11 is 0. The van der Waals surface area contributed by atoms with Gasteiger partial charge in [-0.2, -0.15) is 9.97 Å². The van der Waals surface area contributed by atoms with Crippen LogP contribution in [0, 0.1) is 0 Å². The van der Waals surface area contributed by atoms with Crippen molar-refractivity contribution in [2.24, 2.45) is 0 Å². The van der Waals surface area contributed by atoms with Gasteiger partial charge < -0.3 is 35.1 Å². The average Bonchev–Trinajstić information content (AvgIpc) is 3.08. The number of para-hydroxylation sites is 1. The van der Waals surface area contributed by atoms with Gasteiger partial charge in [0.1, 0.15) is 35.9 Å². The van der Waals surface area contributed by atoms with Gasteiger partial charge in [-0.25, -0.2) is 4.98 Å². The highest BCUT2D eigenvalue weighted by molar-refractivity contribution is 6.31.